The van der Waals surface area contributed by atoms with Crippen LogP contribution in [0.5, 0.6) is 0 Å². The molecular formula is C16H17ClO4. The molecule has 1 N–H and O–H groups in total. The summed E-state index contributed by atoms with van der Waals surface area (Å²) in [5.41, 5.74) is -0.107. The number of benzene rings is 1. The molecule has 5 heteroatoms. The summed E-state index contributed by atoms with van der Waals surface area (Å²) >= 11 is 6.00. The molecule has 1 aromatic carbocycles. The third-order valence-corrected chi connectivity index (χ3v) is 4.22. The lowest BCUT2D eigenvalue weighted by atomic mass is 9.68. The predicted octanol–water partition coefficient (Wildman–Crippen LogP) is 3.42. The molecule has 0 aliphatic heterocycles. The van der Waals surface area contributed by atoms with Crippen LogP contribution in [0.1, 0.15) is 38.3 Å². The maximum absolute atomic E-state index is 12.7. The Morgan fingerprint density at radius 1 is 1.38 bits per heavy atom. The molecule has 4 nitrogen and oxygen atoms in total. The Balaban J connectivity index is 2.73. The first-order chi connectivity index (χ1) is 9.86. The molecule has 0 saturated carbocycles. The quantitative estimate of drug-likeness (QED) is 0.686. The van der Waals surface area contributed by atoms with Gasteiger partial charge in [0.05, 0.1) is 12.0 Å². The molecule has 1 aliphatic rings. The summed E-state index contributed by atoms with van der Waals surface area (Å²) in [6.45, 7) is 5.39. The smallest absolute Gasteiger partial charge is 0.345 e. The minimum Gasteiger partial charge on any atom is -0.506 e. The Kier molecular flexibility index (Phi) is 4.10. The van der Waals surface area contributed by atoms with Crippen LogP contribution in [0.15, 0.2) is 23.8 Å². The van der Waals surface area contributed by atoms with Crippen LogP contribution in [0.2, 0.25) is 5.02 Å². The van der Waals surface area contributed by atoms with Crippen molar-refractivity contribution in [2.75, 3.05) is 6.61 Å². The number of halogens is 1. The van der Waals surface area contributed by atoms with Crippen LogP contribution in [-0.4, -0.2) is 23.5 Å². The van der Waals surface area contributed by atoms with Gasteiger partial charge >= 0.3 is 5.97 Å². The first-order valence-corrected chi connectivity index (χ1v) is 7.20. The normalized spacial score (nSPS) is 21.2. The van der Waals surface area contributed by atoms with Gasteiger partial charge in [0.2, 0.25) is 0 Å². The molecule has 0 unspecified atom stereocenters. The summed E-state index contributed by atoms with van der Waals surface area (Å²) in [4.78, 5) is 24.7. The van der Waals surface area contributed by atoms with Crippen LogP contribution < -0.4 is 0 Å². The second-order valence-corrected chi connectivity index (χ2v) is 5.59. The number of Topliss-reactive ketones (excluding diaryl/α,β-unsaturated/α-hetero) is 1. The van der Waals surface area contributed by atoms with E-state index in [1.165, 1.54) is 0 Å². The molecule has 0 saturated heterocycles. The van der Waals surface area contributed by atoms with Gasteiger partial charge in [-0.3, -0.25) is 4.79 Å². The Hall–Kier alpha value is -1.81. The molecule has 0 bridgehead atoms. The summed E-state index contributed by atoms with van der Waals surface area (Å²) in [5.74, 6) is -1.56. The molecule has 0 radical (unpaired) electrons. The van der Waals surface area contributed by atoms with Crippen LogP contribution >= 0.6 is 11.6 Å². The number of aliphatic hydroxyl groups is 1. The topological polar surface area (TPSA) is 63.6 Å². The number of hydrogen-bond acceptors (Lipinski definition) is 4. The van der Waals surface area contributed by atoms with Gasteiger partial charge in [-0.2, -0.15) is 0 Å². The van der Waals surface area contributed by atoms with Crippen molar-refractivity contribution in [3.8, 4) is 0 Å². The van der Waals surface area contributed by atoms with Crippen molar-refractivity contribution in [1.82, 2.24) is 0 Å². The van der Waals surface area contributed by atoms with Gasteiger partial charge in [0.25, 0.3) is 0 Å². The molecule has 0 fully saturated rings. The standard InChI is InChI=1S/C16H17ClO4/c1-4-16(3)11-8-9(17)6-7-10(11)13(18)12(14(16)19)15(20)21-5-2/h6-8,18H,4-5H2,1-3H3/t16-/m1/s1. The summed E-state index contributed by atoms with van der Waals surface area (Å²) in [6, 6.07) is 4.90. The van der Waals surface area contributed by atoms with Gasteiger partial charge in [0.1, 0.15) is 11.3 Å². The highest BCUT2D eigenvalue weighted by Gasteiger charge is 2.45. The number of fused-ring (bicyclic) bond motifs is 1. The average Bonchev–Trinajstić information content (AvgIpc) is 2.45. The third kappa shape index (κ3) is 2.33. The molecule has 1 atom stereocenters. The Bertz CT molecular complexity index is 648. The third-order valence-electron chi connectivity index (χ3n) is 3.98. The van der Waals surface area contributed by atoms with E-state index in [4.69, 9.17) is 16.3 Å². The number of ketones is 1. The summed E-state index contributed by atoms with van der Waals surface area (Å²) in [6.07, 6.45) is 0.482. The van der Waals surface area contributed by atoms with E-state index in [1.807, 2.05) is 6.92 Å². The van der Waals surface area contributed by atoms with Crippen molar-refractivity contribution in [3.05, 3.63) is 39.9 Å². The average molecular weight is 309 g/mol. The van der Waals surface area contributed by atoms with Crippen LogP contribution in [-0.2, 0) is 19.7 Å². The molecule has 0 spiro atoms. The molecule has 0 heterocycles. The zero-order valence-electron chi connectivity index (χ0n) is 12.2. The van der Waals surface area contributed by atoms with E-state index in [0.29, 0.717) is 22.6 Å². The van der Waals surface area contributed by atoms with Gasteiger partial charge in [-0.05, 0) is 44.0 Å². The maximum Gasteiger partial charge on any atom is 0.345 e. The van der Waals surface area contributed by atoms with Crippen molar-refractivity contribution >= 4 is 29.1 Å². The highest BCUT2D eigenvalue weighted by atomic mass is 35.5. The number of hydrogen-bond donors (Lipinski definition) is 1. The number of ether oxygens (including phenoxy) is 1. The van der Waals surface area contributed by atoms with Gasteiger partial charge in [0.15, 0.2) is 5.78 Å². The van der Waals surface area contributed by atoms with E-state index in [0.717, 1.165) is 0 Å². The van der Waals surface area contributed by atoms with E-state index < -0.39 is 17.2 Å². The van der Waals surface area contributed by atoms with Gasteiger partial charge in [-0.25, -0.2) is 4.79 Å². The van der Waals surface area contributed by atoms with Crippen LogP contribution in [0.25, 0.3) is 5.76 Å². The zero-order valence-corrected chi connectivity index (χ0v) is 13.0. The molecule has 2 rings (SSSR count). The van der Waals surface area contributed by atoms with Crippen molar-refractivity contribution in [2.24, 2.45) is 0 Å². The lowest BCUT2D eigenvalue weighted by molar-refractivity contribution is -0.140. The fourth-order valence-electron chi connectivity index (χ4n) is 2.56. The minimum atomic E-state index is -0.908. The largest absolute Gasteiger partial charge is 0.506 e. The minimum absolute atomic E-state index is 0.138. The highest BCUT2D eigenvalue weighted by molar-refractivity contribution is 6.31. The molecule has 112 valence electrons. The van der Waals surface area contributed by atoms with Crippen molar-refractivity contribution in [2.45, 2.75) is 32.6 Å². The number of carbonyl (C=O) groups is 2. The van der Waals surface area contributed by atoms with E-state index in [1.54, 1.807) is 32.0 Å². The summed E-state index contributed by atoms with van der Waals surface area (Å²) in [5, 5.41) is 10.8. The summed E-state index contributed by atoms with van der Waals surface area (Å²) in [7, 11) is 0. The highest BCUT2D eigenvalue weighted by Crippen LogP contribution is 2.42. The second-order valence-electron chi connectivity index (χ2n) is 5.15. The van der Waals surface area contributed by atoms with Gasteiger partial charge in [-0.1, -0.05) is 18.5 Å². The Morgan fingerprint density at radius 3 is 2.62 bits per heavy atom. The van der Waals surface area contributed by atoms with Crippen LogP contribution in [0.3, 0.4) is 0 Å². The first-order valence-electron chi connectivity index (χ1n) is 6.82. The fraction of sp³-hybridized carbons (Fsp3) is 0.375. The SMILES string of the molecule is CCOC(=O)C1=C(O)c2ccc(Cl)cc2[C@@](C)(CC)C1=O. The number of carbonyl (C=O) groups excluding carboxylic acids is 2. The van der Waals surface area contributed by atoms with E-state index in [9.17, 15) is 14.7 Å². The Labute approximate surface area is 128 Å². The molecule has 1 aliphatic carbocycles. The second kappa shape index (κ2) is 5.53. The lowest BCUT2D eigenvalue weighted by Crippen LogP contribution is -2.40. The molecule has 21 heavy (non-hydrogen) atoms. The lowest BCUT2D eigenvalue weighted by Gasteiger charge is -2.34. The van der Waals surface area contributed by atoms with Crippen molar-refractivity contribution in [1.29, 1.82) is 0 Å². The van der Waals surface area contributed by atoms with Crippen molar-refractivity contribution < 1.29 is 19.4 Å². The Morgan fingerprint density at radius 2 is 2.05 bits per heavy atom. The number of aliphatic hydroxyl groups excluding tert-OH is 1. The molecular weight excluding hydrogens is 292 g/mol. The van der Waals surface area contributed by atoms with E-state index in [2.05, 4.69) is 0 Å². The van der Waals surface area contributed by atoms with Gasteiger partial charge < -0.3 is 9.84 Å². The van der Waals surface area contributed by atoms with Crippen LogP contribution in [0.4, 0.5) is 0 Å². The first kappa shape index (κ1) is 15.6. The van der Waals surface area contributed by atoms with E-state index >= 15 is 0 Å². The molecule has 1 aromatic rings. The monoisotopic (exact) mass is 308 g/mol. The maximum atomic E-state index is 12.7. The predicted molar refractivity (Wildman–Crippen MR) is 80.3 cm³/mol. The molecule has 0 aromatic heterocycles. The summed E-state index contributed by atoms with van der Waals surface area (Å²) < 4.78 is 4.90. The number of esters is 1. The van der Waals surface area contributed by atoms with Gasteiger partial charge in [-0.15, -0.1) is 0 Å². The van der Waals surface area contributed by atoms with E-state index in [-0.39, 0.29) is 17.9 Å². The number of rotatable bonds is 3. The van der Waals surface area contributed by atoms with Gasteiger partial charge in [0, 0.05) is 10.6 Å². The van der Waals surface area contributed by atoms with Crippen LogP contribution in [0, 0.1) is 0 Å². The van der Waals surface area contributed by atoms with Crippen molar-refractivity contribution in [3.63, 3.8) is 0 Å². The fourth-order valence-corrected chi connectivity index (χ4v) is 2.74. The molecule has 0 amide bonds. The zero-order chi connectivity index (χ0) is 15.8.